The Hall–Kier alpha value is 0.530. The van der Waals surface area contributed by atoms with Gasteiger partial charge in [-0.1, -0.05) is 0 Å². The van der Waals surface area contributed by atoms with Crippen molar-refractivity contribution in [1.82, 2.24) is 0 Å². The van der Waals surface area contributed by atoms with Crippen LogP contribution in [0.15, 0.2) is 0 Å². The third kappa shape index (κ3) is 6.91. The van der Waals surface area contributed by atoms with Crippen molar-refractivity contribution in [2.45, 2.75) is 52.1 Å². The molecule has 0 fully saturated rings. The van der Waals surface area contributed by atoms with E-state index in [9.17, 15) is 14.0 Å². The predicted octanol–water partition coefficient (Wildman–Crippen LogP) is 2.07. The van der Waals surface area contributed by atoms with Crippen LogP contribution in [0.1, 0.15) is 46.5 Å². The molecule has 0 rings (SSSR count). The average molecular weight is 228 g/mol. The maximum atomic E-state index is 13.1. The molecule has 0 aliphatic rings. The van der Waals surface area contributed by atoms with Crippen LogP contribution in [0, 0.1) is 0 Å². The van der Waals surface area contributed by atoms with Crippen LogP contribution in [-0.4, -0.2) is 43.3 Å². The van der Waals surface area contributed by atoms with Gasteiger partial charge in [0.05, 0.1) is 0 Å². The van der Waals surface area contributed by atoms with Gasteiger partial charge in [0.2, 0.25) is 0 Å². The second-order valence-corrected chi connectivity index (χ2v) is 6.85. The molecule has 0 aliphatic carbocycles. The second kappa shape index (κ2) is 6.91. The van der Waals surface area contributed by atoms with Crippen LogP contribution < -0.4 is 0 Å². The standard InChI is InChI=1S/C6H11O.C4H6FO.Ca/c1-2-3-4-5-6-7;1-4(2,5)3-6;/h2-5H2,1H3;1-2H3;. The van der Waals surface area contributed by atoms with Crippen molar-refractivity contribution in [2.24, 2.45) is 0 Å². The number of rotatable bonds is 7. The average Bonchev–Trinajstić information content (AvgIpc) is 2.03. The van der Waals surface area contributed by atoms with Gasteiger partial charge in [0.1, 0.15) is 0 Å². The van der Waals surface area contributed by atoms with Crippen molar-refractivity contribution >= 4 is 37.6 Å². The molecule has 0 aromatic carbocycles. The van der Waals surface area contributed by atoms with Crippen LogP contribution in [0.3, 0.4) is 0 Å². The maximum absolute atomic E-state index is 13.1. The van der Waals surface area contributed by atoms with Crippen molar-refractivity contribution in [3.63, 3.8) is 0 Å². The normalized spacial score (nSPS) is 10.9. The van der Waals surface area contributed by atoms with Crippen LogP contribution in [0.5, 0.6) is 0 Å². The van der Waals surface area contributed by atoms with Gasteiger partial charge in [0.15, 0.2) is 0 Å². The van der Waals surface area contributed by atoms with E-state index in [1.165, 1.54) is 13.8 Å². The Bertz CT molecular complexity index is 209. The summed E-state index contributed by atoms with van der Waals surface area (Å²) in [5.41, 5.74) is -1.79. The molecule has 0 saturated heterocycles. The fourth-order valence-electron chi connectivity index (χ4n) is 1.05. The SMILES string of the molecule is CCCCC[C](=O)[Ca][C](=O)C(C)(C)F. The van der Waals surface area contributed by atoms with Crippen LogP contribution in [0.25, 0.3) is 0 Å². The summed E-state index contributed by atoms with van der Waals surface area (Å²) in [5.74, 6) is 0. The van der Waals surface area contributed by atoms with Gasteiger partial charge in [-0.2, -0.15) is 0 Å². The first-order valence-electron chi connectivity index (χ1n) is 5.11. The van der Waals surface area contributed by atoms with Crippen LogP contribution in [0.2, 0.25) is 0 Å². The van der Waals surface area contributed by atoms with Gasteiger partial charge in [0, 0.05) is 0 Å². The van der Waals surface area contributed by atoms with Crippen molar-refractivity contribution in [3.05, 3.63) is 0 Å². The minimum atomic E-state index is -1.97. The zero-order valence-electron chi connectivity index (χ0n) is 9.23. The fourth-order valence-corrected chi connectivity index (χ4v) is 2.93. The Morgan fingerprint density at radius 2 is 1.86 bits per heavy atom. The van der Waals surface area contributed by atoms with Crippen LogP contribution in [0.4, 0.5) is 4.39 Å². The number of unbranched alkanes of at least 4 members (excludes halogenated alkanes) is 2. The number of carbonyl (C=O) groups is 2. The third-order valence-electron chi connectivity index (χ3n) is 2.08. The summed E-state index contributed by atoms with van der Waals surface area (Å²) in [4.78, 5) is 22.5. The summed E-state index contributed by atoms with van der Waals surface area (Å²) in [5, 5.41) is 0. The summed E-state index contributed by atoms with van der Waals surface area (Å²) < 4.78 is 12.7. The van der Waals surface area contributed by atoms with Gasteiger partial charge in [-0.05, 0) is 0 Å². The Labute approximate surface area is 103 Å². The van der Waals surface area contributed by atoms with E-state index in [0.717, 1.165) is 19.3 Å². The molecule has 0 bridgehead atoms. The van der Waals surface area contributed by atoms with E-state index in [-0.39, 0.29) is 1.88 Å². The van der Waals surface area contributed by atoms with Gasteiger partial charge in [-0.15, -0.1) is 0 Å². The Kier molecular flexibility index (Phi) is 7.17. The molecule has 0 radical (unpaired) electrons. The number of carbonyl (C=O) groups excluding carboxylic acids is 2. The molecule has 2 nitrogen and oxygen atoms in total. The molecule has 4 heteroatoms. The van der Waals surface area contributed by atoms with E-state index in [1.54, 1.807) is 0 Å². The summed E-state index contributed by atoms with van der Waals surface area (Å²) in [7, 11) is 0. The molecule has 0 spiro atoms. The third-order valence-corrected chi connectivity index (χ3v) is 5.06. The topological polar surface area (TPSA) is 34.1 Å². The molecule has 0 amide bonds. The predicted molar refractivity (Wildman–Crippen MR) is 55.1 cm³/mol. The number of alkyl halides is 1. The quantitative estimate of drug-likeness (QED) is 0.494. The van der Waals surface area contributed by atoms with E-state index in [4.69, 9.17) is 0 Å². The Morgan fingerprint density at radius 3 is 2.29 bits per heavy atom. The van der Waals surface area contributed by atoms with Crippen molar-refractivity contribution in [3.8, 4) is 0 Å². The molecule has 0 unspecified atom stereocenters. The summed E-state index contributed by atoms with van der Waals surface area (Å²) in [6.07, 6.45) is 3.40. The molecule has 14 heavy (non-hydrogen) atoms. The van der Waals surface area contributed by atoms with E-state index in [0.29, 0.717) is 6.42 Å². The number of hydrogen-bond donors (Lipinski definition) is 0. The van der Waals surface area contributed by atoms with Gasteiger partial charge in [-0.3, -0.25) is 0 Å². The first kappa shape index (κ1) is 14.5. The molecule has 78 valence electrons. The van der Waals surface area contributed by atoms with Crippen LogP contribution in [-0.2, 0) is 9.59 Å². The Balaban J connectivity index is 3.78. The molecule has 0 atom stereocenters. The molecule has 0 saturated carbocycles. The van der Waals surface area contributed by atoms with Crippen molar-refractivity contribution in [1.29, 1.82) is 0 Å². The summed E-state index contributed by atoms with van der Waals surface area (Å²) in [6, 6.07) is 0. The van der Waals surface area contributed by atoms with Crippen molar-refractivity contribution < 1.29 is 14.0 Å². The molecular formula is C10H17CaFO2. The molecule has 0 heterocycles. The van der Waals surface area contributed by atoms with Crippen LogP contribution >= 0.6 is 0 Å². The van der Waals surface area contributed by atoms with Gasteiger partial charge >= 0.3 is 104 Å². The first-order valence-corrected chi connectivity index (χ1v) is 7.32. The first-order chi connectivity index (χ1) is 6.38. The monoisotopic (exact) mass is 228 g/mol. The molecule has 0 aromatic rings. The molecule has 0 aromatic heterocycles. The fraction of sp³-hybridized carbons (Fsp3) is 0.800. The van der Waals surface area contributed by atoms with Gasteiger partial charge in [-0.25, -0.2) is 0 Å². The molecular weight excluding hydrogens is 211 g/mol. The van der Waals surface area contributed by atoms with Crippen molar-refractivity contribution in [2.75, 3.05) is 0 Å². The Morgan fingerprint density at radius 1 is 1.29 bits per heavy atom. The zero-order valence-corrected chi connectivity index (χ0v) is 11.4. The van der Waals surface area contributed by atoms with E-state index < -0.39 is 41.4 Å². The number of hydrogen-bond acceptors (Lipinski definition) is 2. The summed E-state index contributed by atoms with van der Waals surface area (Å²) >= 11 is -1.97. The minimum absolute atomic E-state index is 0.0432. The number of halogens is 1. The molecule has 0 N–H and O–H groups in total. The summed E-state index contributed by atoms with van der Waals surface area (Å²) in [6.45, 7) is 4.53. The van der Waals surface area contributed by atoms with E-state index in [1.807, 2.05) is 0 Å². The second-order valence-electron chi connectivity index (χ2n) is 4.07. The van der Waals surface area contributed by atoms with Gasteiger partial charge < -0.3 is 0 Å². The van der Waals surface area contributed by atoms with Gasteiger partial charge in [0.25, 0.3) is 0 Å². The molecule has 0 aliphatic heterocycles. The van der Waals surface area contributed by atoms with E-state index in [2.05, 4.69) is 6.92 Å². The van der Waals surface area contributed by atoms with E-state index >= 15 is 0 Å². The zero-order chi connectivity index (χ0) is 11.2.